The van der Waals surface area contributed by atoms with Crippen LogP contribution in [0.25, 0.3) is 0 Å². The van der Waals surface area contributed by atoms with Crippen LogP contribution in [0.5, 0.6) is 0 Å². The highest BCUT2D eigenvalue weighted by Gasteiger charge is 2.21. The molecule has 2 atom stereocenters. The van der Waals surface area contributed by atoms with Crippen molar-refractivity contribution >= 4 is 0 Å². The first kappa shape index (κ1) is 11.7. The molecule has 2 heteroatoms. The number of hydrogen-bond donors (Lipinski definition) is 1. The van der Waals surface area contributed by atoms with Gasteiger partial charge in [0.1, 0.15) is 11.5 Å². The average Bonchev–Trinajstić information content (AvgIpc) is 2.58. The van der Waals surface area contributed by atoms with Crippen molar-refractivity contribution in [1.29, 1.82) is 0 Å². The number of aryl methyl sites for hydroxylation is 1. The molecule has 90 valence electrons. The number of hydrogen-bond acceptors (Lipinski definition) is 2. The summed E-state index contributed by atoms with van der Waals surface area (Å²) in [7, 11) is 0. The number of nitrogens with one attached hydrogen (secondary N) is 1. The fraction of sp³-hybridized carbons (Fsp3) is 0.714. The van der Waals surface area contributed by atoms with Crippen LogP contribution in [-0.2, 0) is 0 Å². The minimum Gasteiger partial charge on any atom is -0.465 e. The highest BCUT2D eigenvalue weighted by Crippen LogP contribution is 2.30. The molecule has 0 radical (unpaired) electrons. The van der Waals surface area contributed by atoms with Crippen LogP contribution in [0.2, 0.25) is 0 Å². The third-order valence-electron chi connectivity index (χ3n) is 3.63. The second-order valence-electron chi connectivity index (χ2n) is 5.27. The second kappa shape index (κ2) is 5.05. The van der Waals surface area contributed by atoms with Crippen molar-refractivity contribution in [1.82, 2.24) is 5.32 Å². The van der Waals surface area contributed by atoms with Crippen LogP contribution in [0, 0.1) is 12.8 Å². The van der Waals surface area contributed by atoms with Gasteiger partial charge in [0.25, 0.3) is 0 Å². The van der Waals surface area contributed by atoms with E-state index in [0.29, 0.717) is 12.1 Å². The van der Waals surface area contributed by atoms with E-state index in [1.807, 2.05) is 13.0 Å². The molecule has 2 rings (SSSR count). The standard InChI is InChI=1S/C14H23NO/c1-10(9-13-5-4-6-13)15-12(3)14-8-7-11(2)16-14/h7-8,10,12-13,15H,4-6,9H2,1-3H3. The molecule has 0 aliphatic heterocycles. The first-order valence-corrected chi connectivity index (χ1v) is 6.47. The van der Waals surface area contributed by atoms with E-state index in [2.05, 4.69) is 25.2 Å². The molecular formula is C14H23NO. The summed E-state index contributed by atoms with van der Waals surface area (Å²) in [4.78, 5) is 0. The normalized spacial score (nSPS) is 20.4. The smallest absolute Gasteiger partial charge is 0.120 e. The number of rotatable bonds is 5. The SMILES string of the molecule is Cc1ccc(C(C)NC(C)CC2CCC2)o1. The molecule has 0 saturated heterocycles. The third kappa shape index (κ3) is 2.88. The Morgan fingerprint density at radius 2 is 2.12 bits per heavy atom. The van der Waals surface area contributed by atoms with Gasteiger partial charge in [0.05, 0.1) is 6.04 Å². The minimum atomic E-state index is 0.323. The molecule has 1 N–H and O–H groups in total. The zero-order valence-electron chi connectivity index (χ0n) is 10.6. The maximum absolute atomic E-state index is 5.63. The first-order valence-electron chi connectivity index (χ1n) is 6.47. The molecule has 1 aliphatic carbocycles. The first-order chi connectivity index (χ1) is 7.65. The summed E-state index contributed by atoms with van der Waals surface area (Å²) in [6, 6.07) is 5.02. The molecule has 0 bridgehead atoms. The zero-order chi connectivity index (χ0) is 11.5. The van der Waals surface area contributed by atoms with Gasteiger partial charge in [-0.15, -0.1) is 0 Å². The van der Waals surface area contributed by atoms with Crippen molar-refractivity contribution in [3.05, 3.63) is 23.7 Å². The van der Waals surface area contributed by atoms with Gasteiger partial charge >= 0.3 is 0 Å². The van der Waals surface area contributed by atoms with Crippen LogP contribution in [0.4, 0.5) is 0 Å². The van der Waals surface area contributed by atoms with Crippen LogP contribution in [0.15, 0.2) is 16.5 Å². The van der Waals surface area contributed by atoms with E-state index in [-0.39, 0.29) is 0 Å². The average molecular weight is 221 g/mol. The summed E-state index contributed by atoms with van der Waals surface area (Å²) >= 11 is 0. The third-order valence-corrected chi connectivity index (χ3v) is 3.63. The lowest BCUT2D eigenvalue weighted by atomic mass is 9.81. The molecule has 1 heterocycles. The van der Waals surface area contributed by atoms with Gasteiger partial charge in [0.15, 0.2) is 0 Å². The molecule has 1 aromatic heterocycles. The Balaban J connectivity index is 1.79. The van der Waals surface area contributed by atoms with E-state index < -0.39 is 0 Å². The van der Waals surface area contributed by atoms with E-state index in [0.717, 1.165) is 17.4 Å². The van der Waals surface area contributed by atoms with Crippen molar-refractivity contribution in [3.8, 4) is 0 Å². The lowest BCUT2D eigenvalue weighted by Gasteiger charge is -2.29. The van der Waals surface area contributed by atoms with Gasteiger partial charge in [0, 0.05) is 6.04 Å². The van der Waals surface area contributed by atoms with Crippen molar-refractivity contribution in [2.24, 2.45) is 5.92 Å². The molecule has 16 heavy (non-hydrogen) atoms. The lowest BCUT2D eigenvalue weighted by molar-refractivity contribution is 0.255. The summed E-state index contributed by atoms with van der Waals surface area (Å²) < 4.78 is 5.63. The summed E-state index contributed by atoms with van der Waals surface area (Å²) in [5.74, 6) is 3.02. The zero-order valence-corrected chi connectivity index (χ0v) is 10.6. The minimum absolute atomic E-state index is 0.323. The summed E-state index contributed by atoms with van der Waals surface area (Å²) in [5, 5.41) is 3.61. The largest absolute Gasteiger partial charge is 0.465 e. The predicted octanol–water partition coefficient (Wildman–Crippen LogP) is 3.82. The topological polar surface area (TPSA) is 25.2 Å². The van der Waals surface area contributed by atoms with Gasteiger partial charge < -0.3 is 9.73 Å². The van der Waals surface area contributed by atoms with Gasteiger partial charge in [-0.25, -0.2) is 0 Å². The van der Waals surface area contributed by atoms with E-state index in [9.17, 15) is 0 Å². The fourth-order valence-electron chi connectivity index (χ4n) is 2.49. The molecule has 1 aliphatic rings. The monoisotopic (exact) mass is 221 g/mol. The lowest BCUT2D eigenvalue weighted by Crippen LogP contribution is -2.32. The van der Waals surface area contributed by atoms with Crippen LogP contribution < -0.4 is 5.32 Å². The molecule has 2 unspecified atom stereocenters. The Morgan fingerprint density at radius 3 is 2.62 bits per heavy atom. The van der Waals surface area contributed by atoms with Crippen LogP contribution in [0.3, 0.4) is 0 Å². The quantitative estimate of drug-likeness (QED) is 0.817. The van der Waals surface area contributed by atoms with Crippen LogP contribution in [0.1, 0.15) is 57.1 Å². The van der Waals surface area contributed by atoms with Gasteiger partial charge in [-0.05, 0) is 45.2 Å². The fourth-order valence-corrected chi connectivity index (χ4v) is 2.49. The van der Waals surface area contributed by atoms with Gasteiger partial charge in [-0.3, -0.25) is 0 Å². The molecule has 0 aromatic carbocycles. The van der Waals surface area contributed by atoms with Gasteiger partial charge in [0.2, 0.25) is 0 Å². The molecule has 0 spiro atoms. The Hall–Kier alpha value is -0.760. The maximum atomic E-state index is 5.63. The summed E-state index contributed by atoms with van der Waals surface area (Å²) in [6.45, 7) is 6.45. The molecular weight excluding hydrogens is 198 g/mol. The Morgan fingerprint density at radius 1 is 1.38 bits per heavy atom. The molecule has 1 saturated carbocycles. The molecule has 1 aromatic rings. The van der Waals surface area contributed by atoms with Crippen molar-refractivity contribution in [2.45, 2.75) is 58.5 Å². The van der Waals surface area contributed by atoms with E-state index >= 15 is 0 Å². The Bertz CT molecular complexity index is 327. The van der Waals surface area contributed by atoms with E-state index in [4.69, 9.17) is 4.42 Å². The highest BCUT2D eigenvalue weighted by molar-refractivity contribution is 5.09. The second-order valence-corrected chi connectivity index (χ2v) is 5.27. The van der Waals surface area contributed by atoms with Gasteiger partial charge in [-0.2, -0.15) is 0 Å². The molecule has 2 nitrogen and oxygen atoms in total. The Labute approximate surface area is 98.4 Å². The van der Waals surface area contributed by atoms with E-state index in [1.54, 1.807) is 0 Å². The van der Waals surface area contributed by atoms with Crippen molar-refractivity contribution in [3.63, 3.8) is 0 Å². The van der Waals surface area contributed by atoms with Gasteiger partial charge in [-0.1, -0.05) is 19.3 Å². The molecule has 1 fully saturated rings. The van der Waals surface area contributed by atoms with E-state index in [1.165, 1.54) is 25.7 Å². The van der Waals surface area contributed by atoms with Crippen molar-refractivity contribution in [2.75, 3.05) is 0 Å². The predicted molar refractivity (Wildman–Crippen MR) is 66.4 cm³/mol. The summed E-state index contributed by atoms with van der Waals surface area (Å²) in [6.07, 6.45) is 5.61. The number of furan rings is 1. The maximum Gasteiger partial charge on any atom is 0.120 e. The van der Waals surface area contributed by atoms with Crippen molar-refractivity contribution < 1.29 is 4.42 Å². The Kier molecular flexibility index (Phi) is 3.70. The molecule has 0 amide bonds. The highest BCUT2D eigenvalue weighted by atomic mass is 16.3. The van der Waals surface area contributed by atoms with Crippen LogP contribution >= 0.6 is 0 Å². The van der Waals surface area contributed by atoms with Crippen LogP contribution in [-0.4, -0.2) is 6.04 Å². The summed E-state index contributed by atoms with van der Waals surface area (Å²) in [5.41, 5.74) is 0.